The molecule has 44 heavy (non-hydrogen) atoms. The lowest BCUT2D eigenvalue weighted by Crippen LogP contribution is -2.40. The molecular weight excluding hydrogens is 558 g/mol. The van der Waals surface area contributed by atoms with Gasteiger partial charge in [0.1, 0.15) is 18.1 Å². The van der Waals surface area contributed by atoms with E-state index in [0.29, 0.717) is 56.4 Å². The lowest BCUT2D eigenvalue weighted by atomic mass is 9.96. The number of rotatable bonds is 13. The molecule has 0 radical (unpaired) electrons. The number of piperidine rings is 1. The fourth-order valence-electron chi connectivity index (χ4n) is 5.34. The molecule has 0 atom stereocenters. The van der Waals surface area contributed by atoms with E-state index in [0.717, 1.165) is 36.1 Å². The summed E-state index contributed by atoms with van der Waals surface area (Å²) in [6, 6.07) is 21.4. The lowest BCUT2D eigenvalue weighted by molar-refractivity contribution is -0.146. The normalized spacial score (nSPS) is 13.4. The number of esters is 2. The van der Waals surface area contributed by atoms with E-state index >= 15 is 0 Å². The minimum atomic E-state index is -0.526. The summed E-state index contributed by atoms with van der Waals surface area (Å²) >= 11 is 0. The number of aryl methyl sites for hydroxylation is 1. The van der Waals surface area contributed by atoms with Gasteiger partial charge in [0.05, 0.1) is 37.9 Å². The lowest BCUT2D eigenvalue weighted by Gasteiger charge is -2.31. The van der Waals surface area contributed by atoms with E-state index in [-0.39, 0.29) is 23.4 Å². The van der Waals surface area contributed by atoms with Crippen molar-refractivity contribution in [2.24, 2.45) is 11.8 Å². The van der Waals surface area contributed by atoms with Crippen LogP contribution in [0.15, 0.2) is 66.7 Å². The quantitative estimate of drug-likeness (QED) is 0.168. The van der Waals surface area contributed by atoms with Gasteiger partial charge in [0.2, 0.25) is 0 Å². The van der Waals surface area contributed by atoms with Gasteiger partial charge in [-0.3, -0.25) is 9.59 Å². The average molecular weight is 602 g/mol. The first-order valence-corrected chi connectivity index (χ1v) is 15.3. The molecule has 3 aromatic carbocycles. The molecule has 8 nitrogen and oxygen atoms in total. The van der Waals surface area contributed by atoms with Crippen LogP contribution in [-0.2, 0) is 33.7 Å². The van der Waals surface area contributed by atoms with Crippen molar-refractivity contribution in [1.29, 1.82) is 0 Å². The third-order valence-electron chi connectivity index (χ3n) is 7.81. The van der Waals surface area contributed by atoms with Crippen LogP contribution in [0.25, 0.3) is 0 Å². The zero-order valence-electron chi connectivity index (χ0n) is 26.2. The predicted octanol–water partition coefficient (Wildman–Crippen LogP) is 6.29. The molecule has 1 aliphatic rings. The highest BCUT2D eigenvalue weighted by Gasteiger charge is 2.30. The number of likely N-dealkylation sites (tertiary alicyclic amines) is 1. The summed E-state index contributed by atoms with van der Waals surface area (Å²) in [4.78, 5) is 39.2. The molecule has 0 saturated carbocycles. The topological polar surface area (TPSA) is 91.4 Å². The summed E-state index contributed by atoms with van der Waals surface area (Å²) in [5.41, 5.74) is 4.22. The van der Waals surface area contributed by atoms with Gasteiger partial charge in [-0.2, -0.15) is 0 Å². The van der Waals surface area contributed by atoms with E-state index in [1.54, 1.807) is 17.0 Å². The first-order valence-electron chi connectivity index (χ1n) is 15.3. The third-order valence-corrected chi connectivity index (χ3v) is 7.81. The third kappa shape index (κ3) is 9.09. The molecule has 0 aliphatic carbocycles. The fourth-order valence-corrected chi connectivity index (χ4v) is 5.34. The largest absolute Gasteiger partial charge is 0.493 e. The Balaban J connectivity index is 1.29. The van der Waals surface area contributed by atoms with E-state index in [2.05, 4.69) is 50.2 Å². The van der Waals surface area contributed by atoms with E-state index in [1.165, 1.54) is 25.8 Å². The Kier molecular flexibility index (Phi) is 11.8. The molecule has 1 saturated heterocycles. The Morgan fingerprint density at radius 2 is 1.48 bits per heavy atom. The molecule has 4 rings (SSSR count). The summed E-state index contributed by atoms with van der Waals surface area (Å²) in [5, 5.41) is 0. The SMILES string of the molecule is COC(=O)c1ccc(OCCCc2ccc(OCc3ccc(CC(C)C)cc3)cc2)c(C(=O)N2CCC(C(=O)OC)CC2)c1. The van der Waals surface area contributed by atoms with E-state index in [9.17, 15) is 14.4 Å². The van der Waals surface area contributed by atoms with Gasteiger partial charge in [0.25, 0.3) is 5.91 Å². The number of benzene rings is 3. The molecule has 0 bridgehead atoms. The second kappa shape index (κ2) is 15.9. The van der Waals surface area contributed by atoms with E-state index in [1.807, 2.05) is 12.1 Å². The van der Waals surface area contributed by atoms with Crippen LogP contribution in [-0.4, -0.2) is 56.7 Å². The van der Waals surface area contributed by atoms with Crippen molar-refractivity contribution in [3.05, 3.63) is 94.5 Å². The van der Waals surface area contributed by atoms with Crippen molar-refractivity contribution in [2.75, 3.05) is 33.9 Å². The second-order valence-electron chi connectivity index (χ2n) is 11.6. The van der Waals surface area contributed by atoms with Gasteiger partial charge in [0.15, 0.2) is 0 Å². The van der Waals surface area contributed by atoms with Gasteiger partial charge >= 0.3 is 11.9 Å². The van der Waals surface area contributed by atoms with Crippen LogP contribution in [0.1, 0.15) is 70.5 Å². The number of hydrogen-bond acceptors (Lipinski definition) is 7. The molecule has 8 heteroatoms. The van der Waals surface area contributed by atoms with Gasteiger partial charge < -0.3 is 23.8 Å². The molecule has 0 unspecified atom stereocenters. The van der Waals surface area contributed by atoms with E-state index < -0.39 is 5.97 Å². The van der Waals surface area contributed by atoms with Crippen molar-refractivity contribution < 1.29 is 33.3 Å². The van der Waals surface area contributed by atoms with Gasteiger partial charge in [0, 0.05) is 13.1 Å². The summed E-state index contributed by atoms with van der Waals surface area (Å²) in [5.74, 6) is 0.642. The molecule has 0 spiro atoms. The smallest absolute Gasteiger partial charge is 0.337 e. The molecule has 234 valence electrons. The monoisotopic (exact) mass is 601 g/mol. The highest BCUT2D eigenvalue weighted by Crippen LogP contribution is 2.26. The van der Waals surface area contributed by atoms with Crippen molar-refractivity contribution in [1.82, 2.24) is 4.90 Å². The standard InChI is InChI=1S/C36H43NO7/c1-25(2)22-27-7-9-28(10-8-27)24-44-31-14-11-26(12-15-31)6-5-21-43-33-16-13-30(36(40)42-4)23-32(33)34(38)37-19-17-29(18-20-37)35(39)41-3/h7-16,23,25,29H,5-6,17-22,24H2,1-4H3. The van der Waals surface area contributed by atoms with Crippen LogP contribution in [0, 0.1) is 11.8 Å². The number of amides is 1. The zero-order chi connectivity index (χ0) is 31.5. The molecule has 1 amide bonds. The Morgan fingerprint density at radius 3 is 2.11 bits per heavy atom. The number of carbonyl (C=O) groups is 3. The minimum absolute atomic E-state index is 0.214. The van der Waals surface area contributed by atoms with Gasteiger partial charge in [-0.25, -0.2) is 4.79 Å². The highest BCUT2D eigenvalue weighted by atomic mass is 16.5. The minimum Gasteiger partial charge on any atom is -0.493 e. The van der Waals surface area contributed by atoms with E-state index in [4.69, 9.17) is 18.9 Å². The Labute approximate surface area is 260 Å². The maximum absolute atomic E-state index is 13.5. The van der Waals surface area contributed by atoms with Crippen LogP contribution in [0.4, 0.5) is 0 Å². The predicted molar refractivity (Wildman–Crippen MR) is 168 cm³/mol. The molecular formula is C36H43NO7. The Bertz CT molecular complexity index is 1390. The summed E-state index contributed by atoms with van der Waals surface area (Å²) in [6.07, 6.45) is 3.66. The first-order chi connectivity index (χ1) is 21.3. The number of ether oxygens (including phenoxy) is 4. The van der Waals surface area contributed by atoms with Crippen molar-refractivity contribution in [3.63, 3.8) is 0 Å². The van der Waals surface area contributed by atoms with Crippen LogP contribution in [0.2, 0.25) is 0 Å². The number of nitrogens with zero attached hydrogens (tertiary/aromatic N) is 1. The van der Waals surface area contributed by atoms with Crippen LogP contribution < -0.4 is 9.47 Å². The fraction of sp³-hybridized carbons (Fsp3) is 0.417. The molecule has 3 aromatic rings. The second-order valence-corrected chi connectivity index (χ2v) is 11.6. The number of carbonyl (C=O) groups excluding carboxylic acids is 3. The van der Waals surface area contributed by atoms with Crippen LogP contribution >= 0.6 is 0 Å². The summed E-state index contributed by atoms with van der Waals surface area (Å²) in [6.45, 7) is 6.21. The van der Waals surface area contributed by atoms with Gasteiger partial charge in [-0.05, 0) is 85.0 Å². The average Bonchev–Trinajstić information content (AvgIpc) is 3.05. The van der Waals surface area contributed by atoms with Crippen molar-refractivity contribution in [2.45, 2.75) is 52.6 Å². The summed E-state index contributed by atoms with van der Waals surface area (Å²) < 4.78 is 21.7. The van der Waals surface area contributed by atoms with Crippen molar-refractivity contribution >= 4 is 17.8 Å². The van der Waals surface area contributed by atoms with Crippen molar-refractivity contribution in [3.8, 4) is 11.5 Å². The maximum atomic E-state index is 13.5. The summed E-state index contributed by atoms with van der Waals surface area (Å²) in [7, 11) is 2.68. The van der Waals surface area contributed by atoms with Crippen LogP contribution in [0.5, 0.6) is 11.5 Å². The molecule has 1 aliphatic heterocycles. The molecule has 0 N–H and O–H groups in total. The van der Waals surface area contributed by atoms with Gasteiger partial charge in [-0.15, -0.1) is 0 Å². The molecule has 1 fully saturated rings. The molecule has 1 heterocycles. The van der Waals surface area contributed by atoms with Gasteiger partial charge in [-0.1, -0.05) is 50.2 Å². The number of hydrogen-bond donors (Lipinski definition) is 0. The Morgan fingerprint density at radius 1 is 0.818 bits per heavy atom. The number of methoxy groups -OCH3 is 2. The Hall–Kier alpha value is -4.33. The highest BCUT2D eigenvalue weighted by molar-refractivity contribution is 6.00. The molecule has 0 aromatic heterocycles. The zero-order valence-corrected chi connectivity index (χ0v) is 26.2. The van der Waals surface area contributed by atoms with Crippen LogP contribution in [0.3, 0.4) is 0 Å². The first kappa shape index (κ1) is 32.6. The maximum Gasteiger partial charge on any atom is 0.337 e.